The monoisotopic (exact) mass is 234 g/mol. The molecule has 0 aliphatic rings. The molecular weight excluding hydrogens is 227 g/mol. The molecule has 0 bridgehead atoms. The molecule has 2 rings (SSSR count). The fourth-order valence-electron chi connectivity index (χ4n) is 1.25. The molecule has 0 amide bonds. The summed E-state index contributed by atoms with van der Waals surface area (Å²) in [5.41, 5.74) is -0.529. The van der Waals surface area contributed by atoms with Crippen molar-refractivity contribution in [1.29, 1.82) is 0 Å². The molecule has 0 spiro atoms. The van der Waals surface area contributed by atoms with Crippen molar-refractivity contribution >= 4 is 5.97 Å². The number of carbonyl (C=O) groups is 1. The first-order valence-corrected chi connectivity index (χ1v) is 4.66. The van der Waals surface area contributed by atoms with Gasteiger partial charge < -0.3 is 9.84 Å². The Morgan fingerprint density at radius 1 is 1.29 bits per heavy atom. The van der Waals surface area contributed by atoms with Crippen LogP contribution >= 0.6 is 0 Å². The smallest absolute Gasteiger partial charge is 0.342 e. The maximum atomic E-state index is 13.3. The number of carboxylic acids is 1. The highest BCUT2D eigenvalue weighted by molar-refractivity contribution is 5.91. The van der Waals surface area contributed by atoms with Gasteiger partial charge >= 0.3 is 5.97 Å². The van der Waals surface area contributed by atoms with Crippen LogP contribution in [0.3, 0.4) is 0 Å². The molecule has 1 aromatic carbocycles. The van der Waals surface area contributed by atoms with E-state index in [1.54, 1.807) is 6.07 Å². The first-order valence-electron chi connectivity index (χ1n) is 4.66. The number of rotatable bonds is 3. The summed E-state index contributed by atoms with van der Waals surface area (Å²) in [5.74, 6) is -2.28. The van der Waals surface area contributed by atoms with Crippen LogP contribution in [0.1, 0.15) is 10.4 Å². The standard InChI is InChI=1S/C11H7FN2O3/c12-7-3-1-4-8(10(7)11(15)16)17-9-5-2-6-13-14-9/h1-6H,(H,15,16). The molecule has 0 unspecified atom stereocenters. The average molecular weight is 234 g/mol. The number of halogens is 1. The van der Waals surface area contributed by atoms with Crippen molar-refractivity contribution in [3.05, 3.63) is 47.9 Å². The number of carboxylic acid groups (broad SMARTS) is 1. The fourth-order valence-corrected chi connectivity index (χ4v) is 1.25. The van der Waals surface area contributed by atoms with E-state index in [1.807, 2.05) is 0 Å². The molecular formula is C11H7FN2O3. The number of hydrogen-bond acceptors (Lipinski definition) is 4. The van der Waals surface area contributed by atoms with Gasteiger partial charge in [0.15, 0.2) is 0 Å². The van der Waals surface area contributed by atoms with Gasteiger partial charge in [0.25, 0.3) is 0 Å². The lowest BCUT2D eigenvalue weighted by Crippen LogP contribution is -2.04. The molecule has 17 heavy (non-hydrogen) atoms. The van der Waals surface area contributed by atoms with Gasteiger partial charge in [0.1, 0.15) is 17.1 Å². The molecule has 86 valence electrons. The number of aromatic nitrogens is 2. The molecule has 6 heteroatoms. The lowest BCUT2D eigenvalue weighted by Gasteiger charge is -2.07. The molecule has 1 heterocycles. The highest BCUT2D eigenvalue weighted by Gasteiger charge is 2.17. The third-order valence-corrected chi connectivity index (χ3v) is 1.95. The maximum Gasteiger partial charge on any atom is 0.342 e. The molecule has 1 N–H and O–H groups in total. The normalized spacial score (nSPS) is 9.94. The number of ether oxygens (including phenoxy) is 1. The lowest BCUT2D eigenvalue weighted by molar-refractivity contribution is 0.0689. The minimum atomic E-state index is -1.40. The second-order valence-corrected chi connectivity index (χ2v) is 3.08. The summed E-state index contributed by atoms with van der Waals surface area (Å²) in [4.78, 5) is 10.9. The molecule has 0 aliphatic heterocycles. The Kier molecular flexibility index (Phi) is 2.95. The summed E-state index contributed by atoms with van der Waals surface area (Å²) in [5, 5.41) is 16.0. The van der Waals surface area contributed by atoms with E-state index in [2.05, 4.69) is 10.2 Å². The summed E-state index contributed by atoms with van der Waals surface area (Å²) in [7, 11) is 0. The Labute approximate surface area is 95.5 Å². The van der Waals surface area contributed by atoms with Crippen LogP contribution < -0.4 is 4.74 Å². The molecule has 2 aromatic rings. The lowest BCUT2D eigenvalue weighted by atomic mass is 10.2. The average Bonchev–Trinajstić information content (AvgIpc) is 2.30. The van der Waals surface area contributed by atoms with Gasteiger partial charge in [-0.1, -0.05) is 6.07 Å². The largest absolute Gasteiger partial charge is 0.477 e. The molecule has 1 aromatic heterocycles. The molecule has 0 fully saturated rings. The minimum absolute atomic E-state index is 0.0978. The SMILES string of the molecule is O=C(O)c1c(F)cccc1Oc1cccnn1. The summed E-state index contributed by atoms with van der Waals surface area (Å²) in [6.45, 7) is 0. The van der Waals surface area contributed by atoms with Crippen LogP contribution in [0.4, 0.5) is 4.39 Å². The molecule has 0 saturated carbocycles. The van der Waals surface area contributed by atoms with E-state index in [-0.39, 0.29) is 11.6 Å². The Balaban J connectivity index is 2.40. The van der Waals surface area contributed by atoms with Crippen molar-refractivity contribution in [1.82, 2.24) is 10.2 Å². The second-order valence-electron chi connectivity index (χ2n) is 3.08. The topological polar surface area (TPSA) is 72.3 Å². The van der Waals surface area contributed by atoms with Gasteiger partial charge in [-0.2, -0.15) is 5.10 Å². The summed E-state index contributed by atoms with van der Waals surface area (Å²) in [6.07, 6.45) is 1.44. The van der Waals surface area contributed by atoms with Crippen LogP contribution in [-0.2, 0) is 0 Å². The van der Waals surface area contributed by atoms with Crippen LogP contribution in [0.25, 0.3) is 0 Å². The Bertz CT molecular complexity index is 546. The zero-order valence-corrected chi connectivity index (χ0v) is 8.50. The van der Waals surface area contributed by atoms with Crippen molar-refractivity contribution in [2.24, 2.45) is 0 Å². The summed E-state index contributed by atoms with van der Waals surface area (Å²) < 4.78 is 18.5. The number of benzene rings is 1. The third kappa shape index (κ3) is 2.36. The van der Waals surface area contributed by atoms with Gasteiger partial charge in [0.2, 0.25) is 5.88 Å². The zero-order chi connectivity index (χ0) is 12.3. The van der Waals surface area contributed by atoms with Crippen molar-refractivity contribution in [2.75, 3.05) is 0 Å². The van der Waals surface area contributed by atoms with Crippen molar-refractivity contribution in [3.8, 4) is 11.6 Å². The van der Waals surface area contributed by atoms with Gasteiger partial charge in [0.05, 0.1) is 0 Å². The number of hydrogen-bond donors (Lipinski definition) is 1. The van der Waals surface area contributed by atoms with E-state index in [4.69, 9.17) is 9.84 Å². The van der Waals surface area contributed by atoms with Crippen molar-refractivity contribution in [3.63, 3.8) is 0 Å². The van der Waals surface area contributed by atoms with E-state index in [1.165, 1.54) is 24.4 Å². The number of aromatic carboxylic acids is 1. The molecule has 0 radical (unpaired) electrons. The predicted molar refractivity (Wildman–Crippen MR) is 55.5 cm³/mol. The van der Waals surface area contributed by atoms with Crippen LogP contribution in [0, 0.1) is 5.82 Å². The highest BCUT2D eigenvalue weighted by Crippen LogP contribution is 2.25. The predicted octanol–water partition coefficient (Wildman–Crippen LogP) is 2.11. The molecule has 0 aliphatic carbocycles. The fraction of sp³-hybridized carbons (Fsp3) is 0. The maximum absolute atomic E-state index is 13.3. The van der Waals surface area contributed by atoms with Gasteiger partial charge in [-0.05, 0) is 18.2 Å². The third-order valence-electron chi connectivity index (χ3n) is 1.95. The van der Waals surface area contributed by atoms with Gasteiger partial charge in [-0.25, -0.2) is 9.18 Å². The highest BCUT2D eigenvalue weighted by atomic mass is 19.1. The van der Waals surface area contributed by atoms with Crippen molar-refractivity contribution in [2.45, 2.75) is 0 Å². The van der Waals surface area contributed by atoms with Gasteiger partial charge in [-0.3, -0.25) is 0 Å². The zero-order valence-electron chi connectivity index (χ0n) is 8.50. The van der Waals surface area contributed by atoms with Crippen molar-refractivity contribution < 1.29 is 19.0 Å². The van der Waals surface area contributed by atoms with E-state index >= 15 is 0 Å². The molecule has 0 saturated heterocycles. The summed E-state index contributed by atoms with van der Waals surface area (Å²) in [6, 6.07) is 6.81. The molecule has 0 atom stereocenters. The van der Waals surface area contributed by atoms with E-state index < -0.39 is 17.3 Å². The Morgan fingerprint density at radius 3 is 2.76 bits per heavy atom. The second kappa shape index (κ2) is 4.56. The first kappa shape index (κ1) is 11.0. The minimum Gasteiger partial charge on any atom is -0.477 e. The quantitative estimate of drug-likeness (QED) is 0.880. The Morgan fingerprint density at radius 2 is 2.12 bits per heavy atom. The summed E-state index contributed by atoms with van der Waals surface area (Å²) >= 11 is 0. The van der Waals surface area contributed by atoms with E-state index in [0.717, 1.165) is 6.07 Å². The van der Waals surface area contributed by atoms with Gasteiger partial charge in [-0.15, -0.1) is 5.10 Å². The van der Waals surface area contributed by atoms with Crippen LogP contribution in [0.2, 0.25) is 0 Å². The molecule has 5 nitrogen and oxygen atoms in total. The van der Waals surface area contributed by atoms with Crippen LogP contribution in [-0.4, -0.2) is 21.3 Å². The first-order chi connectivity index (χ1) is 8.18. The van der Waals surface area contributed by atoms with E-state index in [9.17, 15) is 9.18 Å². The number of nitrogens with zero attached hydrogens (tertiary/aromatic N) is 2. The van der Waals surface area contributed by atoms with Crippen LogP contribution in [0.15, 0.2) is 36.5 Å². The van der Waals surface area contributed by atoms with Gasteiger partial charge in [0, 0.05) is 12.3 Å². The Hall–Kier alpha value is -2.50. The van der Waals surface area contributed by atoms with E-state index in [0.29, 0.717) is 0 Å². The van der Waals surface area contributed by atoms with Crippen LogP contribution in [0.5, 0.6) is 11.6 Å².